The molecule has 1 aliphatic rings. The Bertz CT molecular complexity index is 855. The zero-order valence-corrected chi connectivity index (χ0v) is 15.4. The second-order valence-electron chi connectivity index (χ2n) is 6.18. The second-order valence-corrected chi connectivity index (χ2v) is 8.27. The maximum absolute atomic E-state index is 12.5. The highest BCUT2D eigenvalue weighted by Crippen LogP contribution is 2.34. The summed E-state index contributed by atoms with van der Waals surface area (Å²) in [6, 6.07) is 5.37. The average Bonchev–Trinajstić information content (AvgIpc) is 3.05. The van der Waals surface area contributed by atoms with Crippen molar-refractivity contribution in [1.82, 2.24) is 23.6 Å². The molecule has 0 bridgehead atoms. The molecule has 25 heavy (non-hydrogen) atoms. The van der Waals surface area contributed by atoms with Gasteiger partial charge in [-0.3, -0.25) is 4.98 Å². The number of hydrogen-bond acceptors (Lipinski definition) is 6. The normalized spacial score (nSPS) is 18.6. The third kappa shape index (κ3) is 3.78. The molecule has 1 fully saturated rings. The van der Waals surface area contributed by atoms with Gasteiger partial charge in [0.25, 0.3) is 10.2 Å². The highest BCUT2D eigenvalue weighted by atomic mass is 32.2. The highest BCUT2D eigenvalue weighted by Gasteiger charge is 2.37. The van der Waals surface area contributed by atoms with Gasteiger partial charge in [-0.15, -0.1) is 0 Å². The van der Waals surface area contributed by atoms with Crippen LogP contribution in [0.25, 0.3) is 0 Å². The van der Waals surface area contributed by atoms with E-state index in [9.17, 15) is 8.42 Å². The molecule has 134 valence electrons. The standard InChI is InChI=1S/C16H22N6O2S/c1-12-6-4-8-15(18-12)20-16-11-17-10-13(19-16)14-7-5-9-22(14)25(23,24)21(2)3/h4,6,8,10-11,14H,5,7,9H2,1-3H3,(H,18,19,20). The molecule has 3 heterocycles. The fourth-order valence-corrected chi connectivity index (χ4v) is 4.18. The summed E-state index contributed by atoms with van der Waals surface area (Å²) in [5.74, 6) is 1.22. The third-order valence-electron chi connectivity index (χ3n) is 4.10. The van der Waals surface area contributed by atoms with Crippen LogP contribution < -0.4 is 5.32 Å². The summed E-state index contributed by atoms with van der Waals surface area (Å²) in [5.41, 5.74) is 1.54. The van der Waals surface area contributed by atoms with Crippen molar-refractivity contribution in [2.45, 2.75) is 25.8 Å². The summed E-state index contributed by atoms with van der Waals surface area (Å²) >= 11 is 0. The summed E-state index contributed by atoms with van der Waals surface area (Å²) in [5, 5.41) is 3.12. The van der Waals surface area contributed by atoms with Crippen molar-refractivity contribution in [3.63, 3.8) is 0 Å². The number of nitrogens with one attached hydrogen (secondary N) is 1. The van der Waals surface area contributed by atoms with Crippen molar-refractivity contribution < 1.29 is 8.42 Å². The van der Waals surface area contributed by atoms with Crippen LogP contribution in [0.5, 0.6) is 0 Å². The molecule has 0 saturated carbocycles. The molecule has 2 aromatic rings. The second kappa shape index (κ2) is 7.03. The summed E-state index contributed by atoms with van der Waals surface area (Å²) in [7, 11) is -0.406. The summed E-state index contributed by atoms with van der Waals surface area (Å²) in [4.78, 5) is 13.2. The lowest BCUT2D eigenvalue weighted by molar-refractivity contribution is 0.357. The van der Waals surface area contributed by atoms with Crippen LogP contribution in [0.2, 0.25) is 0 Å². The van der Waals surface area contributed by atoms with Gasteiger partial charge in [0.2, 0.25) is 0 Å². The van der Waals surface area contributed by atoms with Gasteiger partial charge in [-0.1, -0.05) is 6.07 Å². The topological polar surface area (TPSA) is 91.3 Å². The van der Waals surface area contributed by atoms with Crippen LogP contribution in [0.15, 0.2) is 30.6 Å². The molecule has 0 aliphatic carbocycles. The molecule has 1 saturated heterocycles. The van der Waals surface area contributed by atoms with Gasteiger partial charge >= 0.3 is 0 Å². The van der Waals surface area contributed by atoms with Crippen LogP contribution in [-0.4, -0.2) is 52.6 Å². The van der Waals surface area contributed by atoms with Crippen molar-refractivity contribution in [2.24, 2.45) is 0 Å². The number of hydrogen-bond donors (Lipinski definition) is 1. The maximum atomic E-state index is 12.5. The zero-order valence-electron chi connectivity index (χ0n) is 14.5. The first-order valence-corrected chi connectivity index (χ1v) is 9.49. The molecule has 1 unspecified atom stereocenters. The molecule has 0 spiro atoms. The Morgan fingerprint density at radius 1 is 1.20 bits per heavy atom. The molecular formula is C16H22N6O2S. The predicted octanol–water partition coefficient (Wildman–Crippen LogP) is 1.87. The van der Waals surface area contributed by atoms with E-state index in [-0.39, 0.29) is 6.04 Å². The van der Waals surface area contributed by atoms with Gasteiger partial charge in [-0.25, -0.2) is 9.97 Å². The van der Waals surface area contributed by atoms with E-state index in [1.54, 1.807) is 12.4 Å². The van der Waals surface area contributed by atoms with Gasteiger partial charge in [0.1, 0.15) is 11.6 Å². The van der Waals surface area contributed by atoms with Gasteiger partial charge in [0, 0.05) is 26.3 Å². The van der Waals surface area contributed by atoms with E-state index in [1.807, 2.05) is 25.1 Å². The number of pyridine rings is 1. The van der Waals surface area contributed by atoms with Crippen LogP contribution >= 0.6 is 0 Å². The molecule has 8 nitrogen and oxygen atoms in total. The monoisotopic (exact) mass is 362 g/mol. The first kappa shape index (κ1) is 17.7. The highest BCUT2D eigenvalue weighted by molar-refractivity contribution is 7.86. The Kier molecular flexibility index (Phi) is 4.98. The van der Waals surface area contributed by atoms with Crippen LogP contribution in [0.4, 0.5) is 11.6 Å². The lowest BCUT2D eigenvalue weighted by Crippen LogP contribution is -2.39. The van der Waals surface area contributed by atoms with E-state index in [4.69, 9.17) is 0 Å². The minimum absolute atomic E-state index is 0.299. The summed E-state index contributed by atoms with van der Waals surface area (Å²) < 4.78 is 27.7. The van der Waals surface area contributed by atoms with Crippen LogP contribution in [0.1, 0.15) is 30.3 Å². The predicted molar refractivity (Wildman–Crippen MR) is 95.6 cm³/mol. The first-order chi connectivity index (χ1) is 11.9. The molecule has 2 aromatic heterocycles. The number of rotatable bonds is 5. The number of nitrogens with zero attached hydrogens (tertiary/aromatic N) is 5. The van der Waals surface area contributed by atoms with E-state index >= 15 is 0 Å². The number of anilines is 2. The SMILES string of the molecule is Cc1cccc(Nc2cncc(C3CCCN3S(=O)(=O)N(C)C)n2)n1. The minimum Gasteiger partial charge on any atom is -0.324 e. The Morgan fingerprint density at radius 3 is 2.72 bits per heavy atom. The van der Waals surface area contributed by atoms with E-state index in [0.717, 1.165) is 18.5 Å². The summed E-state index contributed by atoms with van der Waals surface area (Å²) in [6.45, 7) is 2.40. The molecule has 0 aromatic carbocycles. The van der Waals surface area contributed by atoms with E-state index in [0.29, 0.717) is 23.9 Å². The van der Waals surface area contributed by atoms with Gasteiger partial charge in [0.05, 0.1) is 24.1 Å². The Labute approximate surface area is 148 Å². The van der Waals surface area contributed by atoms with Crippen LogP contribution in [0, 0.1) is 6.92 Å². The van der Waals surface area contributed by atoms with Crippen molar-refractivity contribution in [1.29, 1.82) is 0 Å². The fraction of sp³-hybridized carbons (Fsp3) is 0.438. The molecule has 1 N–H and O–H groups in total. The Hall–Kier alpha value is -2.10. The Balaban J connectivity index is 1.86. The van der Waals surface area contributed by atoms with Crippen molar-refractivity contribution in [3.05, 3.63) is 42.0 Å². The van der Waals surface area contributed by atoms with Gasteiger partial charge in [0.15, 0.2) is 0 Å². The van der Waals surface area contributed by atoms with Gasteiger partial charge < -0.3 is 5.32 Å². The molecular weight excluding hydrogens is 340 g/mol. The molecule has 0 radical (unpaired) electrons. The molecule has 9 heteroatoms. The van der Waals surface area contributed by atoms with Crippen molar-refractivity contribution in [2.75, 3.05) is 26.0 Å². The Morgan fingerprint density at radius 2 is 2.00 bits per heavy atom. The fourth-order valence-electron chi connectivity index (χ4n) is 2.87. The first-order valence-electron chi connectivity index (χ1n) is 8.10. The average molecular weight is 362 g/mol. The number of aryl methyl sites for hydroxylation is 1. The third-order valence-corrected chi connectivity index (χ3v) is 6.05. The summed E-state index contributed by atoms with van der Waals surface area (Å²) in [6.07, 6.45) is 4.76. The zero-order chi connectivity index (χ0) is 18.0. The van der Waals surface area contributed by atoms with E-state index in [1.165, 1.54) is 22.7 Å². The lowest BCUT2D eigenvalue weighted by atomic mass is 10.2. The molecule has 3 rings (SSSR count). The smallest absolute Gasteiger partial charge is 0.282 e. The van der Waals surface area contributed by atoms with Crippen molar-refractivity contribution >= 4 is 21.8 Å². The van der Waals surface area contributed by atoms with Gasteiger partial charge in [-0.05, 0) is 31.9 Å². The quantitative estimate of drug-likeness (QED) is 0.873. The van der Waals surface area contributed by atoms with Crippen LogP contribution in [-0.2, 0) is 10.2 Å². The van der Waals surface area contributed by atoms with Crippen LogP contribution in [0.3, 0.4) is 0 Å². The molecule has 1 atom stereocenters. The van der Waals surface area contributed by atoms with Gasteiger partial charge in [-0.2, -0.15) is 17.0 Å². The van der Waals surface area contributed by atoms with E-state index in [2.05, 4.69) is 20.3 Å². The lowest BCUT2D eigenvalue weighted by Gasteiger charge is -2.26. The molecule has 0 amide bonds. The minimum atomic E-state index is -3.49. The van der Waals surface area contributed by atoms with Crippen molar-refractivity contribution in [3.8, 4) is 0 Å². The molecule has 1 aliphatic heterocycles. The largest absolute Gasteiger partial charge is 0.324 e. The number of aromatic nitrogens is 3. The van der Waals surface area contributed by atoms with E-state index < -0.39 is 10.2 Å². The maximum Gasteiger partial charge on any atom is 0.282 e.